The zero-order valence-corrected chi connectivity index (χ0v) is 18.3. The molecular weight excluding hydrogens is 431 g/mol. The summed E-state index contributed by atoms with van der Waals surface area (Å²) in [5, 5.41) is 17.5. The molecule has 9 nitrogen and oxygen atoms in total. The number of ether oxygens (including phenoxy) is 1. The summed E-state index contributed by atoms with van der Waals surface area (Å²) in [7, 11) is 0. The van der Waals surface area contributed by atoms with Crippen LogP contribution in [-0.2, 0) is 24.4 Å². The van der Waals surface area contributed by atoms with Gasteiger partial charge in [-0.2, -0.15) is 0 Å². The first-order valence-corrected chi connectivity index (χ1v) is 10.6. The fraction of sp³-hybridized carbons (Fsp3) is 0.526. The summed E-state index contributed by atoms with van der Waals surface area (Å²) >= 11 is 12.1. The Morgan fingerprint density at radius 3 is 2.77 bits per heavy atom. The maximum atomic E-state index is 12.1. The second-order valence-corrected chi connectivity index (χ2v) is 7.72. The van der Waals surface area contributed by atoms with E-state index in [2.05, 4.69) is 31.0 Å². The van der Waals surface area contributed by atoms with E-state index >= 15 is 0 Å². The van der Waals surface area contributed by atoms with E-state index in [9.17, 15) is 4.79 Å². The smallest absolute Gasteiger partial charge is 0.315 e. The van der Waals surface area contributed by atoms with Gasteiger partial charge in [-0.25, -0.2) is 4.79 Å². The fourth-order valence-electron chi connectivity index (χ4n) is 3.03. The number of nitrogens with one attached hydrogen (secondary N) is 3. The first-order chi connectivity index (χ1) is 14.5. The minimum atomic E-state index is -0.313. The molecule has 1 aliphatic heterocycles. The van der Waals surface area contributed by atoms with Crippen molar-refractivity contribution in [3.05, 3.63) is 45.6 Å². The predicted molar refractivity (Wildman–Crippen MR) is 113 cm³/mol. The van der Waals surface area contributed by atoms with E-state index in [1.54, 1.807) is 6.07 Å². The average Bonchev–Trinajstić information content (AvgIpc) is 3.20. The van der Waals surface area contributed by atoms with Crippen LogP contribution in [0, 0.1) is 0 Å². The summed E-state index contributed by atoms with van der Waals surface area (Å²) in [5.74, 6) is 0.853. The van der Waals surface area contributed by atoms with E-state index in [1.165, 1.54) is 0 Å². The number of halogens is 2. The molecule has 1 atom stereocenters. The minimum Gasteiger partial charge on any atom is -0.422 e. The zero-order chi connectivity index (χ0) is 21.3. The molecule has 0 unspecified atom stereocenters. The lowest BCUT2D eigenvalue weighted by Gasteiger charge is -2.33. The molecule has 164 valence electrons. The van der Waals surface area contributed by atoms with Crippen LogP contribution in [0.1, 0.15) is 24.3 Å². The fourth-order valence-corrected chi connectivity index (χ4v) is 3.35. The first-order valence-electron chi connectivity index (χ1n) is 9.85. The van der Waals surface area contributed by atoms with Crippen LogP contribution in [0.4, 0.5) is 4.79 Å². The quantitative estimate of drug-likeness (QED) is 0.530. The molecule has 0 saturated carbocycles. The van der Waals surface area contributed by atoms with E-state index < -0.39 is 0 Å². The standard InChI is InChI=1S/C19H26Cl2N6O3/c1-2-22-9-17-25-26-18(30-17)10-24-19(28)23-8-14-12-27(5-6-29-14)11-13-3-4-15(20)16(21)7-13/h3-4,7,14,22H,2,5-6,8-12H2,1H3,(H2,23,24,28)/t14-/m0/s1. The number of nitrogens with zero attached hydrogens (tertiary/aromatic N) is 3. The van der Waals surface area contributed by atoms with Crippen molar-refractivity contribution in [1.82, 2.24) is 31.0 Å². The number of hydrogen-bond acceptors (Lipinski definition) is 7. The van der Waals surface area contributed by atoms with Crippen molar-refractivity contribution < 1.29 is 13.9 Å². The van der Waals surface area contributed by atoms with E-state index in [1.807, 2.05) is 19.1 Å². The lowest BCUT2D eigenvalue weighted by molar-refractivity contribution is -0.0287. The van der Waals surface area contributed by atoms with Gasteiger partial charge in [-0.15, -0.1) is 10.2 Å². The Morgan fingerprint density at radius 2 is 2.00 bits per heavy atom. The van der Waals surface area contributed by atoms with Crippen molar-refractivity contribution in [3.63, 3.8) is 0 Å². The highest BCUT2D eigenvalue weighted by Gasteiger charge is 2.21. The Bertz CT molecular complexity index is 834. The molecule has 30 heavy (non-hydrogen) atoms. The molecule has 0 radical (unpaired) electrons. The Kier molecular flexibility index (Phi) is 8.71. The third-order valence-corrected chi connectivity index (χ3v) is 5.28. The third kappa shape index (κ3) is 7.10. The molecule has 1 saturated heterocycles. The highest BCUT2D eigenvalue weighted by molar-refractivity contribution is 6.42. The van der Waals surface area contributed by atoms with Crippen LogP contribution >= 0.6 is 23.2 Å². The zero-order valence-electron chi connectivity index (χ0n) is 16.8. The number of hydrogen-bond donors (Lipinski definition) is 3. The van der Waals surface area contributed by atoms with E-state index in [0.29, 0.717) is 48.1 Å². The third-order valence-electron chi connectivity index (χ3n) is 4.54. The summed E-state index contributed by atoms with van der Waals surface area (Å²) in [6, 6.07) is 5.33. The van der Waals surface area contributed by atoms with Crippen LogP contribution in [-0.4, -0.2) is 60.0 Å². The lowest BCUT2D eigenvalue weighted by atomic mass is 10.2. The van der Waals surface area contributed by atoms with Crippen molar-refractivity contribution in [1.29, 1.82) is 0 Å². The lowest BCUT2D eigenvalue weighted by Crippen LogP contribution is -2.48. The van der Waals surface area contributed by atoms with Gasteiger partial charge in [-0.3, -0.25) is 4.90 Å². The second-order valence-electron chi connectivity index (χ2n) is 6.91. The molecule has 1 aromatic carbocycles. The van der Waals surface area contributed by atoms with E-state index in [-0.39, 0.29) is 18.7 Å². The number of urea groups is 1. The number of rotatable bonds is 9. The number of benzene rings is 1. The molecular formula is C19H26Cl2N6O3. The van der Waals surface area contributed by atoms with Crippen LogP contribution < -0.4 is 16.0 Å². The van der Waals surface area contributed by atoms with Crippen molar-refractivity contribution >= 4 is 29.2 Å². The largest absolute Gasteiger partial charge is 0.422 e. The van der Waals surface area contributed by atoms with Gasteiger partial charge < -0.3 is 25.1 Å². The van der Waals surface area contributed by atoms with Crippen molar-refractivity contribution in [3.8, 4) is 0 Å². The molecule has 3 rings (SSSR count). The molecule has 0 bridgehead atoms. The highest BCUT2D eigenvalue weighted by Crippen LogP contribution is 2.23. The summed E-state index contributed by atoms with van der Waals surface area (Å²) in [6.07, 6.45) is -0.0950. The van der Waals surface area contributed by atoms with Crippen LogP contribution in [0.3, 0.4) is 0 Å². The van der Waals surface area contributed by atoms with Gasteiger partial charge >= 0.3 is 6.03 Å². The predicted octanol–water partition coefficient (Wildman–Crippen LogP) is 2.19. The van der Waals surface area contributed by atoms with Gasteiger partial charge in [0.05, 0.1) is 35.8 Å². The van der Waals surface area contributed by atoms with E-state index in [0.717, 1.165) is 25.2 Å². The van der Waals surface area contributed by atoms with Gasteiger partial charge in [-0.1, -0.05) is 36.2 Å². The van der Waals surface area contributed by atoms with Gasteiger partial charge in [0.1, 0.15) is 0 Å². The number of carbonyl (C=O) groups excluding carboxylic acids is 1. The maximum absolute atomic E-state index is 12.1. The van der Waals surface area contributed by atoms with Crippen LogP contribution in [0.15, 0.2) is 22.6 Å². The maximum Gasteiger partial charge on any atom is 0.315 e. The molecule has 1 aromatic heterocycles. The summed E-state index contributed by atoms with van der Waals surface area (Å²) in [6.45, 7) is 6.75. The summed E-state index contributed by atoms with van der Waals surface area (Å²) in [5.41, 5.74) is 1.09. The summed E-state index contributed by atoms with van der Waals surface area (Å²) in [4.78, 5) is 14.3. The van der Waals surface area contributed by atoms with Crippen molar-refractivity contribution in [2.45, 2.75) is 32.7 Å². The molecule has 2 amide bonds. The highest BCUT2D eigenvalue weighted by atomic mass is 35.5. The van der Waals surface area contributed by atoms with Gasteiger partial charge in [0.2, 0.25) is 11.8 Å². The molecule has 2 heterocycles. The van der Waals surface area contributed by atoms with E-state index in [4.69, 9.17) is 32.4 Å². The van der Waals surface area contributed by atoms with Gasteiger partial charge in [-0.05, 0) is 24.2 Å². The normalized spacial score (nSPS) is 17.1. The molecule has 0 aliphatic carbocycles. The van der Waals surface area contributed by atoms with Crippen LogP contribution in [0.2, 0.25) is 10.0 Å². The van der Waals surface area contributed by atoms with Crippen molar-refractivity contribution in [2.75, 3.05) is 32.8 Å². The van der Waals surface area contributed by atoms with Crippen LogP contribution in [0.25, 0.3) is 0 Å². The molecule has 1 fully saturated rings. The molecule has 2 aromatic rings. The Balaban J connectivity index is 1.37. The second kappa shape index (κ2) is 11.5. The van der Waals surface area contributed by atoms with Gasteiger partial charge in [0, 0.05) is 26.2 Å². The number of carbonyl (C=O) groups is 1. The number of aromatic nitrogens is 2. The average molecular weight is 457 g/mol. The molecule has 11 heteroatoms. The van der Waals surface area contributed by atoms with Crippen molar-refractivity contribution in [2.24, 2.45) is 0 Å². The number of morpholine rings is 1. The Labute approximate surface area is 185 Å². The molecule has 3 N–H and O–H groups in total. The molecule has 0 spiro atoms. The van der Waals surface area contributed by atoms with Crippen LogP contribution in [0.5, 0.6) is 0 Å². The Morgan fingerprint density at radius 1 is 1.20 bits per heavy atom. The SMILES string of the molecule is CCNCc1nnc(CNC(=O)NC[C@H]2CN(Cc3ccc(Cl)c(Cl)c3)CCO2)o1. The number of amides is 2. The first kappa shape index (κ1) is 22.8. The Hall–Kier alpha value is -1.91. The molecule has 1 aliphatic rings. The minimum absolute atomic E-state index is 0.0950. The van der Waals surface area contributed by atoms with Gasteiger partial charge in [0.15, 0.2) is 0 Å². The monoisotopic (exact) mass is 456 g/mol. The van der Waals surface area contributed by atoms with Gasteiger partial charge in [0.25, 0.3) is 0 Å². The summed E-state index contributed by atoms with van der Waals surface area (Å²) < 4.78 is 11.2. The topological polar surface area (TPSA) is 105 Å².